The van der Waals surface area contributed by atoms with Crippen LogP contribution in [0.1, 0.15) is 37.6 Å². The minimum absolute atomic E-state index is 0.0389. The first-order chi connectivity index (χ1) is 15.8. The van der Waals surface area contributed by atoms with E-state index >= 15 is 0 Å². The summed E-state index contributed by atoms with van der Waals surface area (Å²) in [6, 6.07) is 11.9. The topological polar surface area (TPSA) is 106 Å². The van der Waals surface area contributed by atoms with E-state index in [1.54, 1.807) is 24.3 Å². The number of hydrogen-bond acceptors (Lipinski definition) is 6. The summed E-state index contributed by atoms with van der Waals surface area (Å²) in [6.45, 7) is 6.30. The first-order valence-electron chi connectivity index (χ1n) is 10.8. The second kappa shape index (κ2) is 10.7. The summed E-state index contributed by atoms with van der Waals surface area (Å²) >= 11 is 0. The molecular formula is C24H29N3O6. The van der Waals surface area contributed by atoms with Crippen molar-refractivity contribution in [3.63, 3.8) is 0 Å². The Morgan fingerprint density at radius 2 is 1.85 bits per heavy atom. The summed E-state index contributed by atoms with van der Waals surface area (Å²) in [7, 11) is 1.48. The fourth-order valence-corrected chi connectivity index (χ4v) is 3.53. The summed E-state index contributed by atoms with van der Waals surface area (Å²) in [5.74, 6) is -0.234. The fraction of sp³-hybridized carbons (Fsp3) is 0.375. The molecule has 1 unspecified atom stereocenters. The van der Waals surface area contributed by atoms with Crippen molar-refractivity contribution in [2.75, 3.05) is 25.2 Å². The molecule has 0 aliphatic carbocycles. The molecule has 1 aliphatic heterocycles. The monoisotopic (exact) mass is 455 g/mol. The van der Waals surface area contributed by atoms with E-state index in [0.717, 1.165) is 0 Å². The average Bonchev–Trinajstić information content (AvgIpc) is 3.19. The Labute approximate surface area is 193 Å². The van der Waals surface area contributed by atoms with Gasteiger partial charge in [0.1, 0.15) is 5.75 Å². The quantitative estimate of drug-likeness (QED) is 0.593. The normalized spacial score (nSPS) is 15.4. The van der Waals surface area contributed by atoms with Crippen LogP contribution in [0.4, 0.5) is 5.69 Å². The number of carbonyl (C=O) groups excluding carboxylic acids is 3. The van der Waals surface area contributed by atoms with Crippen molar-refractivity contribution in [2.24, 2.45) is 5.92 Å². The Hall–Kier alpha value is -3.75. The number of nitrogens with one attached hydrogen (secondary N) is 2. The van der Waals surface area contributed by atoms with Gasteiger partial charge in [0.25, 0.3) is 5.91 Å². The number of methoxy groups -OCH3 is 1. The van der Waals surface area contributed by atoms with Crippen molar-refractivity contribution in [2.45, 2.75) is 33.3 Å². The van der Waals surface area contributed by atoms with E-state index < -0.39 is 17.7 Å². The van der Waals surface area contributed by atoms with E-state index in [9.17, 15) is 14.4 Å². The van der Waals surface area contributed by atoms with Gasteiger partial charge in [0.15, 0.2) is 11.5 Å². The minimum atomic E-state index is -0.608. The molecule has 0 saturated carbocycles. The molecule has 176 valence electrons. The van der Waals surface area contributed by atoms with Gasteiger partial charge in [-0.3, -0.25) is 25.2 Å². The summed E-state index contributed by atoms with van der Waals surface area (Å²) in [5, 5.41) is 0. The zero-order valence-electron chi connectivity index (χ0n) is 19.2. The summed E-state index contributed by atoms with van der Waals surface area (Å²) in [6.07, 6.45) is -0.0101. The standard InChI is InChI=1S/C24H29N3O6/c1-5-32-19-9-7-6-8-18(19)27-14-17(13-22(27)28)24(30)26-25-23(29)16-10-11-20(33-15(2)3)21(12-16)31-4/h6-12,15,17H,5,13-14H2,1-4H3,(H,25,29)(H,26,30). The highest BCUT2D eigenvalue weighted by Crippen LogP contribution is 2.33. The third kappa shape index (κ3) is 5.74. The molecule has 1 heterocycles. The van der Waals surface area contributed by atoms with Gasteiger partial charge in [0.05, 0.1) is 31.4 Å². The first-order valence-corrected chi connectivity index (χ1v) is 10.8. The number of ether oxygens (including phenoxy) is 3. The predicted molar refractivity (Wildman–Crippen MR) is 122 cm³/mol. The molecular weight excluding hydrogens is 426 g/mol. The summed E-state index contributed by atoms with van der Waals surface area (Å²) < 4.78 is 16.5. The number of hydrazine groups is 1. The summed E-state index contributed by atoms with van der Waals surface area (Å²) in [5.41, 5.74) is 5.73. The second-order valence-electron chi connectivity index (χ2n) is 7.78. The van der Waals surface area contributed by atoms with E-state index in [-0.39, 0.29) is 30.5 Å². The number of rotatable bonds is 8. The number of para-hydroxylation sites is 2. The molecule has 1 atom stereocenters. The molecule has 0 spiro atoms. The van der Waals surface area contributed by atoms with Gasteiger partial charge in [-0.25, -0.2) is 0 Å². The lowest BCUT2D eigenvalue weighted by molar-refractivity contribution is -0.126. The molecule has 0 radical (unpaired) electrons. The van der Waals surface area contributed by atoms with Gasteiger partial charge in [-0.05, 0) is 51.1 Å². The van der Waals surface area contributed by atoms with E-state index in [4.69, 9.17) is 14.2 Å². The van der Waals surface area contributed by atoms with Crippen LogP contribution in [0.15, 0.2) is 42.5 Å². The van der Waals surface area contributed by atoms with Crippen molar-refractivity contribution >= 4 is 23.4 Å². The number of anilines is 1. The number of nitrogens with zero attached hydrogens (tertiary/aromatic N) is 1. The maximum Gasteiger partial charge on any atom is 0.269 e. The molecule has 0 aromatic heterocycles. The molecule has 0 bridgehead atoms. The maximum atomic E-state index is 12.6. The lowest BCUT2D eigenvalue weighted by Gasteiger charge is -2.20. The highest BCUT2D eigenvalue weighted by atomic mass is 16.5. The van der Waals surface area contributed by atoms with Crippen LogP contribution >= 0.6 is 0 Å². The van der Waals surface area contributed by atoms with E-state index in [1.807, 2.05) is 32.9 Å². The molecule has 2 aromatic rings. The third-order valence-corrected chi connectivity index (χ3v) is 5.04. The number of carbonyl (C=O) groups is 3. The van der Waals surface area contributed by atoms with E-state index in [0.29, 0.717) is 29.5 Å². The van der Waals surface area contributed by atoms with Gasteiger partial charge in [0, 0.05) is 18.5 Å². The van der Waals surface area contributed by atoms with Crippen LogP contribution in [0.2, 0.25) is 0 Å². The van der Waals surface area contributed by atoms with Crippen LogP contribution in [0.3, 0.4) is 0 Å². The van der Waals surface area contributed by atoms with Gasteiger partial charge in [-0.2, -0.15) is 0 Å². The lowest BCUT2D eigenvalue weighted by Crippen LogP contribution is -2.45. The molecule has 2 N–H and O–H groups in total. The maximum absolute atomic E-state index is 12.6. The van der Waals surface area contributed by atoms with Crippen molar-refractivity contribution in [1.82, 2.24) is 10.9 Å². The van der Waals surface area contributed by atoms with Crippen LogP contribution in [-0.4, -0.2) is 44.1 Å². The van der Waals surface area contributed by atoms with Crippen LogP contribution in [0.5, 0.6) is 17.2 Å². The molecule has 3 rings (SSSR count). The van der Waals surface area contributed by atoms with Gasteiger partial charge in [-0.1, -0.05) is 12.1 Å². The van der Waals surface area contributed by atoms with Crippen LogP contribution in [-0.2, 0) is 9.59 Å². The number of hydrogen-bond donors (Lipinski definition) is 2. The van der Waals surface area contributed by atoms with Gasteiger partial charge in [0.2, 0.25) is 11.8 Å². The lowest BCUT2D eigenvalue weighted by atomic mass is 10.1. The predicted octanol–water partition coefficient (Wildman–Crippen LogP) is 2.70. The molecule has 9 heteroatoms. The number of benzene rings is 2. The Balaban J connectivity index is 1.61. The minimum Gasteiger partial charge on any atom is -0.493 e. The average molecular weight is 456 g/mol. The van der Waals surface area contributed by atoms with E-state index in [2.05, 4.69) is 10.9 Å². The molecule has 2 aromatic carbocycles. The molecule has 1 saturated heterocycles. The van der Waals surface area contributed by atoms with Crippen molar-refractivity contribution in [1.29, 1.82) is 0 Å². The second-order valence-corrected chi connectivity index (χ2v) is 7.78. The molecule has 1 fully saturated rings. The fourth-order valence-electron chi connectivity index (χ4n) is 3.53. The smallest absolute Gasteiger partial charge is 0.269 e. The van der Waals surface area contributed by atoms with Gasteiger partial charge in [-0.15, -0.1) is 0 Å². The molecule has 9 nitrogen and oxygen atoms in total. The van der Waals surface area contributed by atoms with Gasteiger partial charge < -0.3 is 19.1 Å². The third-order valence-electron chi connectivity index (χ3n) is 5.04. The molecule has 33 heavy (non-hydrogen) atoms. The highest BCUT2D eigenvalue weighted by molar-refractivity contribution is 6.02. The van der Waals surface area contributed by atoms with Crippen molar-refractivity contribution in [3.05, 3.63) is 48.0 Å². The van der Waals surface area contributed by atoms with Crippen molar-refractivity contribution < 1.29 is 28.6 Å². The molecule has 3 amide bonds. The van der Waals surface area contributed by atoms with Crippen molar-refractivity contribution in [3.8, 4) is 17.2 Å². The Morgan fingerprint density at radius 3 is 2.55 bits per heavy atom. The Morgan fingerprint density at radius 1 is 1.09 bits per heavy atom. The SMILES string of the molecule is CCOc1ccccc1N1CC(C(=O)NNC(=O)c2ccc(OC(C)C)c(OC)c2)CC1=O. The zero-order valence-corrected chi connectivity index (χ0v) is 19.2. The van der Waals surface area contributed by atoms with Crippen LogP contribution in [0.25, 0.3) is 0 Å². The van der Waals surface area contributed by atoms with Gasteiger partial charge >= 0.3 is 0 Å². The summed E-state index contributed by atoms with van der Waals surface area (Å²) in [4.78, 5) is 39.2. The molecule has 1 aliphatic rings. The Kier molecular flexibility index (Phi) is 7.76. The Bertz CT molecular complexity index is 1020. The van der Waals surface area contributed by atoms with Crippen LogP contribution in [0, 0.1) is 5.92 Å². The van der Waals surface area contributed by atoms with Crippen LogP contribution < -0.4 is 30.0 Å². The number of amides is 3. The van der Waals surface area contributed by atoms with E-state index in [1.165, 1.54) is 18.1 Å². The zero-order chi connectivity index (χ0) is 24.0. The highest BCUT2D eigenvalue weighted by Gasteiger charge is 2.36. The largest absolute Gasteiger partial charge is 0.493 e. The first kappa shape index (κ1) is 23.9.